The van der Waals surface area contributed by atoms with Crippen molar-refractivity contribution < 1.29 is 222 Å². The van der Waals surface area contributed by atoms with Gasteiger partial charge in [-0.25, -0.2) is 9.59 Å². The summed E-state index contributed by atoms with van der Waals surface area (Å²) in [5.74, 6) is -3.23. The van der Waals surface area contributed by atoms with Gasteiger partial charge >= 0.3 is 11.9 Å². The van der Waals surface area contributed by atoms with Gasteiger partial charge in [0, 0.05) is 78.2 Å². The van der Waals surface area contributed by atoms with Crippen LogP contribution in [0.5, 0.6) is 0 Å². The van der Waals surface area contributed by atoms with E-state index in [0.29, 0.717) is 5.56 Å². The average Bonchev–Trinajstić information content (AvgIpc) is 0.752. The van der Waals surface area contributed by atoms with Crippen LogP contribution in [0.4, 0.5) is 0 Å². The van der Waals surface area contributed by atoms with E-state index in [4.69, 9.17) is 192 Å². The van der Waals surface area contributed by atoms with Gasteiger partial charge in [-0.05, 0) is 173 Å². The second kappa shape index (κ2) is 57.9. The number of aliphatic carboxylic acids is 2. The zero-order chi connectivity index (χ0) is 96.6. The predicted molar refractivity (Wildman–Crippen MR) is 482 cm³/mol. The van der Waals surface area contributed by atoms with E-state index < -0.39 is 302 Å². The molecule has 1 aromatic rings. The van der Waals surface area contributed by atoms with Crippen molar-refractivity contribution in [1.29, 1.82) is 0 Å². The predicted octanol–water partition coefficient (Wildman–Crippen LogP) is 0.275. The largest absolute Gasteiger partial charge is 0.479 e. The summed E-state index contributed by atoms with van der Waals surface area (Å²) in [5.41, 5.74) is 0.606. The fourth-order valence-corrected chi connectivity index (χ4v) is 20.0. The van der Waals surface area contributed by atoms with Crippen LogP contribution in [0, 0.1) is 0 Å². The molecule has 9 heterocycles. The van der Waals surface area contributed by atoms with E-state index >= 15 is 0 Å². The molecule has 770 valence electrons. The summed E-state index contributed by atoms with van der Waals surface area (Å²) < 4.78 is 255. The number of ether oxygens (including phenoxy) is 29. The van der Waals surface area contributed by atoms with Crippen LogP contribution in [0.15, 0.2) is 30.3 Å². The third-order valence-corrected chi connectivity index (χ3v) is 26.3. The fraction of sp³-hybridized carbons (Fsp3) is 0.889. The topological polar surface area (TPSA) is 503 Å². The van der Waals surface area contributed by atoms with Crippen LogP contribution in [-0.4, -0.2) is 433 Å². The van der Waals surface area contributed by atoms with E-state index in [2.05, 4.69) is 168 Å². The Labute approximate surface area is 838 Å². The van der Waals surface area contributed by atoms with Gasteiger partial charge in [0.25, 0.3) is 0 Å². The molecule has 9 aliphatic heterocycles. The molecule has 61 heteroatoms. The van der Waals surface area contributed by atoms with E-state index in [9.17, 15) is 30.0 Å². The van der Waals surface area contributed by atoms with E-state index in [-0.39, 0.29) is 39.6 Å². The Balaban J connectivity index is 0.859. The summed E-state index contributed by atoms with van der Waals surface area (Å²) in [6.45, 7) is -2.96. The Kier molecular flexibility index (Phi) is 50.4. The molecule has 0 aromatic heterocycles. The Bertz CT molecular complexity index is 3490. The Morgan fingerprint density at radius 3 is 0.812 bits per heavy atom. The first kappa shape index (κ1) is 116. The molecule has 9 fully saturated rings. The van der Waals surface area contributed by atoms with Gasteiger partial charge in [-0.3, -0.25) is 0 Å². The summed E-state index contributed by atoms with van der Waals surface area (Å²) in [7, 11) is 14.3. The maximum atomic E-state index is 13.9. The summed E-state index contributed by atoms with van der Waals surface area (Å²) in [6, 6.07) is 8.75. The number of aliphatic hydroxyl groups excluding tert-OH is 2. The van der Waals surface area contributed by atoms with E-state index in [0.717, 1.165) is 0 Å². The van der Waals surface area contributed by atoms with E-state index in [1.54, 1.807) is 30.3 Å². The first-order chi connectivity index (χ1) is 64.5. The van der Waals surface area contributed by atoms with Gasteiger partial charge in [0.1, 0.15) is 183 Å². The zero-order valence-electron chi connectivity index (χ0n) is 72.6. The van der Waals surface area contributed by atoms with Crippen molar-refractivity contribution >= 4 is 180 Å². The molecule has 0 saturated carbocycles. The average molecular weight is 2170 g/mol. The van der Waals surface area contributed by atoms with Crippen LogP contribution >= 0.6 is 168 Å². The van der Waals surface area contributed by atoms with E-state index in [1.165, 1.54) is 78.2 Å². The van der Waals surface area contributed by atoms with Crippen molar-refractivity contribution in [2.45, 2.75) is 283 Å². The number of methoxy groups -OCH3 is 11. The number of hydrogen-bond donors (Lipinski definition) is 17. The van der Waals surface area contributed by atoms with Crippen molar-refractivity contribution in [1.82, 2.24) is 0 Å². The molecule has 21 unspecified atom stereocenters. The number of carboxylic acids is 2. The molecule has 48 nitrogen and oxygen atoms in total. The maximum absolute atomic E-state index is 13.9. The van der Waals surface area contributed by atoms with Gasteiger partial charge in [-0.2, -0.15) is 0 Å². The lowest BCUT2D eigenvalue weighted by Gasteiger charge is -2.52. The highest BCUT2D eigenvalue weighted by Crippen LogP contribution is 2.46. The summed E-state index contributed by atoms with van der Waals surface area (Å²) >= 11 is 53.4. The zero-order valence-corrected chi connectivity index (χ0v) is 84.2. The van der Waals surface area contributed by atoms with Gasteiger partial charge in [0.05, 0.1) is 52.9 Å². The molecule has 0 spiro atoms. The number of carboxylic acid groups (broad SMARTS) is 2. The highest BCUT2D eigenvalue weighted by molar-refractivity contribution is 7.76. The lowest BCUT2D eigenvalue weighted by molar-refractivity contribution is -0.398. The van der Waals surface area contributed by atoms with Gasteiger partial charge in [-0.1, -0.05) is 30.3 Å². The van der Waals surface area contributed by atoms with Gasteiger partial charge in [-0.15, -0.1) is 0 Å². The van der Waals surface area contributed by atoms with E-state index in [1.807, 2.05) is 0 Å². The van der Waals surface area contributed by atoms with Gasteiger partial charge in [0.2, 0.25) is 0 Å². The highest BCUT2D eigenvalue weighted by Gasteiger charge is 2.65. The van der Waals surface area contributed by atoms with Crippen molar-refractivity contribution in [2.75, 3.05) is 124 Å². The maximum Gasteiger partial charge on any atom is 0.335 e. The van der Waals surface area contributed by atoms with Crippen LogP contribution in [0.2, 0.25) is 0 Å². The number of rotatable bonds is 52. The Hall–Kier alpha value is 0.950. The minimum absolute atomic E-state index is 0.151. The molecule has 4 N–H and O–H groups in total. The molecular formula is C72H116O48S13. The van der Waals surface area contributed by atoms with Crippen molar-refractivity contribution in [3.05, 3.63) is 35.9 Å². The first-order valence-electron chi connectivity index (χ1n) is 40.5. The van der Waals surface area contributed by atoms with Crippen LogP contribution in [0.25, 0.3) is 0 Å². The molecule has 1 aromatic carbocycles. The quantitative estimate of drug-likeness (QED) is 0.0307. The second-order valence-electron chi connectivity index (χ2n) is 30.6. The molecule has 10 rings (SSSR count). The van der Waals surface area contributed by atoms with Crippen LogP contribution in [0.1, 0.15) is 5.56 Å². The third kappa shape index (κ3) is 27.1. The van der Waals surface area contributed by atoms with Crippen LogP contribution < -0.4 is 0 Å². The normalized spacial score (nSPS) is 43.2. The molecule has 9 aliphatic rings. The molecule has 0 amide bonds. The molecule has 133 heavy (non-hydrogen) atoms. The van der Waals surface area contributed by atoms with Crippen molar-refractivity contribution in [3.8, 4) is 0 Å². The molecule has 0 radical (unpaired) electrons. The highest BCUT2D eigenvalue weighted by atomic mass is 32.1. The van der Waals surface area contributed by atoms with Gasteiger partial charge in [0.15, 0.2) is 93.2 Å². The van der Waals surface area contributed by atoms with Crippen LogP contribution in [0.3, 0.4) is 0 Å². The number of hydrogen-bond acceptors (Lipinski definition) is 59. The lowest BCUT2D eigenvalue weighted by atomic mass is 9.94. The fourth-order valence-electron chi connectivity index (χ4n) is 17.6. The smallest absolute Gasteiger partial charge is 0.335 e. The molecule has 0 bridgehead atoms. The van der Waals surface area contributed by atoms with Crippen molar-refractivity contribution in [2.24, 2.45) is 0 Å². The van der Waals surface area contributed by atoms with Gasteiger partial charge < -0.3 is 212 Å². The summed E-state index contributed by atoms with van der Waals surface area (Å²) in [6.07, 6.45) is -63.1. The SMILES string of the molecule is COC1C(OC)[C@H](O[C@H]2OC(CO)[C@@H](O[C@@H]3OC(C(=O)O)[C@@H](O[C@@H]4OC(COS)[C@@H](O[C@@H]5OC(COS)[C@@H](O[C@H]6OC(COS)[C@@H](O[C@@H]7OC(COS)[C@@H](O[C@@H]8OC(COS)[C@H](OS)[C@H](OC)C8O)[C@H](OC)C7OS)C(OC)C6OS)C(OC)C5OS)[C@H](OC)C4OC)[C@H](OC)C3OC)C(OS)C2OCc2ccccc2)[C@H](C(=O)O)O[C@@H]1O[C@@H]1C(COS)O[C@H](OC)C(OS)[C@H]1OS. The van der Waals surface area contributed by atoms with Crippen LogP contribution in [-0.2, 0) is 208 Å². The molecule has 45 atom stereocenters. The number of benzene rings is 1. The monoisotopic (exact) mass is 2160 g/mol. The molecule has 0 aliphatic carbocycles. The standard InChI is InChI=1S/C72H116O48S13/c1-79-41-33(74)64(98-32(24-96-126)40(41)114-127)104-36-28(20-92-122)101-71(58(117-130)43(36)81-3)107-38-30(22-94-124)103-72(60(119-132)45(38)83-5)108-37-29(21-93-123)102-70(59(118-131)44(37)82-4)106-35-27(19-91-121)100-66(54(86-8)42(35)80-2)110-48-46(84-6)55(87-9)67(112-52(48)62(75)76)105-34-26(17-73)97-69(57(50(34)115-128)90-18-25-15-13-12-14-16-25)111-49-47(85-7)56(88-10)68(113-53(49)63(77)78)109-39-31(23-95-125)99-65(89-11)61(120-133)51(39)116-129/h12-16,26-61,64-74,121-133H,17-24H2,1-11H3,(H,75,76)(H,77,78)/t26?,27?,28?,29?,30?,31?,32?,33?,34-,35-,36-,37-,38-,39-,40+,41-,42+,43+,44?,45?,46+,47?,48+,49+,50?,51+,52?,53-,54?,55?,56?,57?,58?,59?,60?,61?,64+,65+,66+,67-,68+,69-,70+,71+,72-/m1/s1. The first-order valence-corrected chi connectivity index (χ1v) is 45.3. The Morgan fingerprint density at radius 2 is 0.504 bits per heavy atom. The summed E-state index contributed by atoms with van der Waals surface area (Å²) in [4.78, 5) is 27.6. The Morgan fingerprint density at radius 1 is 0.263 bits per heavy atom. The lowest BCUT2D eigenvalue weighted by Crippen LogP contribution is -2.70. The minimum atomic E-state index is -2.07. The molecular weight excluding hydrogens is 2050 g/mol. The molecule has 9 saturated heterocycles. The summed E-state index contributed by atoms with van der Waals surface area (Å²) in [5, 5.41) is 45.3. The number of aliphatic hydroxyl groups is 2. The van der Waals surface area contributed by atoms with Crippen molar-refractivity contribution in [3.63, 3.8) is 0 Å². The second-order valence-corrected chi connectivity index (χ2v) is 33.6. The number of carbonyl (C=O) groups is 2. The number of thiol groups is 13. The minimum Gasteiger partial charge on any atom is -0.479 e. The third-order valence-electron chi connectivity index (χ3n) is 23.7.